The van der Waals surface area contributed by atoms with Gasteiger partial charge >= 0.3 is 0 Å². The number of sulfonamides is 1. The van der Waals surface area contributed by atoms with Gasteiger partial charge in [0.2, 0.25) is 10.0 Å². The van der Waals surface area contributed by atoms with Crippen molar-refractivity contribution in [3.63, 3.8) is 0 Å². The molecule has 4 nitrogen and oxygen atoms in total. The van der Waals surface area contributed by atoms with Gasteiger partial charge in [0, 0.05) is 6.54 Å². The number of para-hydroxylation sites is 1. The van der Waals surface area contributed by atoms with Crippen molar-refractivity contribution in [1.82, 2.24) is 4.72 Å². The van der Waals surface area contributed by atoms with Crippen LogP contribution in [0.1, 0.15) is 0 Å². The van der Waals surface area contributed by atoms with Gasteiger partial charge in [0.25, 0.3) is 0 Å². The molecule has 0 unspecified atom stereocenters. The Bertz CT molecular complexity index is 704. The molecule has 0 saturated carbocycles. The van der Waals surface area contributed by atoms with E-state index >= 15 is 0 Å². The van der Waals surface area contributed by atoms with Crippen LogP contribution in [0.15, 0.2) is 53.4 Å². The minimum absolute atomic E-state index is 0.00152. The smallest absolute Gasteiger partial charge is 0.240 e. The second-order valence-corrected chi connectivity index (χ2v) is 6.30. The van der Waals surface area contributed by atoms with Crippen LogP contribution in [0, 0.1) is 5.82 Å². The van der Waals surface area contributed by atoms with Crippen LogP contribution in [0.2, 0.25) is 5.02 Å². The van der Waals surface area contributed by atoms with Crippen molar-refractivity contribution in [2.45, 2.75) is 4.90 Å². The molecule has 0 radical (unpaired) electrons. The van der Waals surface area contributed by atoms with Gasteiger partial charge in [-0.15, -0.1) is 0 Å². The van der Waals surface area contributed by atoms with Crippen molar-refractivity contribution < 1.29 is 17.5 Å². The van der Waals surface area contributed by atoms with Crippen molar-refractivity contribution in [2.75, 3.05) is 13.2 Å². The number of hydrogen-bond donors (Lipinski definition) is 1. The first kappa shape index (κ1) is 15.8. The Morgan fingerprint density at radius 2 is 1.76 bits per heavy atom. The normalized spacial score (nSPS) is 11.3. The lowest BCUT2D eigenvalue weighted by molar-refractivity contribution is 0.323. The third kappa shape index (κ3) is 4.42. The number of hydrogen-bond acceptors (Lipinski definition) is 3. The van der Waals surface area contributed by atoms with Crippen molar-refractivity contribution >= 4 is 21.6 Å². The van der Waals surface area contributed by atoms with Crippen molar-refractivity contribution in [3.05, 3.63) is 59.4 Å². The molecule has 7 heteroatoms. The van der Waals surface area contributed by atoms with Crippen LogP contribution in [0.25, 0.3) is 0 Å². The molecule has 2 rings (SSSR count). The van der Waals surface area contributed by atoms with Gasteiger partial charge in [-0.3, -0.25) is 0 Å². The number of rotatable bonds is 6. The monoisotopic (exact) mass is 329 g/mol. The summed E-state index contributed by atoms with van der Waals surface area (Å²) in [6, 6.07) is 11.5. The number of halogens is 2. The molecule has 2 aromatic rings. The van der Waals surface area contributed by atoms with Gasteiger partial charge in [-0.05, 0) is 36.4 Å². The van der Waals surface area contributed by atoms with Crippen LogP contribution in [-0.4, -0.2) is 21.6 Å². The van der Waals surface area contributed by atoms with Gasteiger partial charge in [0.15, 0.2) is 0 Å². The first-order valence-electron chi connectivity index (χ1n) is 6.11. The molecule has 0 saturated heterocycles. The van der Waals surface area contributed by atoms with E-state index in [1.807, 2.05) is 0 Å². The van der Waals surface area contributed by atoms with Crippen LogP contribution >= 0.6 is 11.6 Å². The molecule has 21 heavy (non-hydrogen) atoms. The molecule has 0 aliphatic heterocycles. The van der Waals surface area contributed by atoms with Crippen LogP contribution in [0.5, 0.6) is 5.75 Å². The fourth-order valence-electron chi connectivity index (χ4n) is 1.60. The van der Waals surface area contributed by atoms with Crippen molar-refractivity contribution in [3.8, 4) is 5.75 Å². The van der Waals surface area contributed by atoms with Gasteiger partial charge in [-0.25, -0.2) is 17.5 Å². The minimum atomic E-state index is -3.67. The molecule has 112 valence electrons. The lowest BCUT2D eigenvalue weighted by Crippen LogP contribution is -2.28. The first-order valence-corrected chi connectivity index (χ1v) is 7.98. The van der Waals surface area contributed by atoms with E-state index in [0.29, 0.717) is 10.8 Å². The van der Waals surface area contributed by atoms with Crippen LogP contribution in [0.3, 0.4) is 0 Å². The van der Waals surface area contributed by atoms with E-state index < -0.39 is 15.8 Å². The largest absolute Gasteiger partial charge is 0.491 e. The zero-order valence-electron chi connectivity index (χ0n) is 10.9. The van der Waals surface area contributed by atoms with Gasteiger partial charge in [0.1, 0.15) is 18.2 Å². The summed E-state index contributed by atoms with van der Waals surface area (Å²) < 4.78 is 44.3. The molecule has 0 spiro atoms. The summed E-state index contributed by atoms with van der Waals surface area (Å²) in [5.74, 6) is -0.00357. The Balaban J connectivity index is 1.88. The molecule has 0 aliphatic carbocycles. The van der Waals surface area contributed by atoms with E-state index in [1.54, 1.807) is 24.3 Å². The molecule has 0 bridgehead atoms. The van der Waals surface area contributed by atoms with Gasteiger partial charge in [-0.1, -0.05) is 23.7 Å². The first-order chi connectivity index (χ1) is 9.99. The fourth-order valence-corrected chi connectivity index (χ4v) is 2.80. The average Bonchev–Trinajstić information content (AvgIpc) is 2.46. The Labute approximate surface area is 127 Å². The lowest BCUT2D eigenvalue weighted by Gasteiger charge is -2.09. The maximum Gasteiger partial charge on any atom is 0.240 e. The third-order valence-corrected chi connectivity index (χ3v) is 4.40. The quantitative estimate of drug-likeness (QED) is 0.829. The van der Waals surface area contributed by atoms with Gasteiger partial charge in [0.05, 0.1) is 9.92 Å². The summed E-state index contributed by atoms with van der Waals surface area (Å²) in [5.41, 5.74) is 0. The van der Waals surface area contributed by atoms with Gasteiger partial charge in [-0.2, -0.15) is 0 Å². The summed E-state index contributed by atoms with van der Waals surface area (Å²) in [4.78, 5) is 0.00152. The zero-order valence-corrected chi connectivity index (χ0v) is 12.5. The number of benzene rings is 2. The summed E-state index contributed by atoms with van der Waals surface area (Å²) in [7, 11) is -3.67. The Hall–Kier alpha value is -1.63. The van der Waals surface area contributed by atoms with Gasteiger partial charge < -0.3 is 4.74 Å². The molecular formula is C14H13ClFNO3S. The Kier molecular flexibility index (Phi) is 5.17. The molecule has 0 heterocycles. The van der Waals surface area contributed by atoms with Crippen molar-refractivity contribution in [1.29, 1.82) is 0 Å². The van der Waals surface area contributed by atoms with Crippen LogP contribution in [-0.2, 0) is 10.0 Å². The predicted molar refractivity (Wildman–Crippen MR) is 78.5 cm³/mol. The van der Waals surface area contributed by atoms with E-state index in [0.717, 1.165) is 12.1 Å². The maximum atomic E-state index is 12.8. The number of nitrogens with one attached hydrogen (secondary N) is 1. The summed E-state index contributed by atoms with van der Waals surface area (Å²) in [5, 5.41) is 0.457. The van der Waals surface area contributed by atoms with E-state index in [1.165, 1.54) is 12.1 Å². The number of ether oxygens (including phenoxy) is 1. The second-order valence-electron chi connectivity index (χ2n) is 4.13. The average molecular weight is 330 g/mol. The zero-order chi connectivity index (χ0) is 15.3. The highest BCUT2D eigenvalue weighted by Crippen LogP contribution is 2.22. The third-order valence-electron chi connectivity index (χ3n) is 2.61. The molecule has 2 aromatic carbocycles. The summed E-state index contributed by atoms with van der Waals surface area (Å²) >= 11 is 5.90. The van der Waals surface area contributed by atoms with E-state index in [-0.39, 0.29) is 18.0 Å². The Morgan fingerprint density at radius 3 is 2.43 bits per heavy atom. The molecule has 0 aliphatic rings. The fraction of sp³-hybridized carbons (Fsp3) is 0.143. The molecule has 0 amide bonds. The minimum Gasteiger partial charge on any atom is -0.491 e. The maximum absolute atomic E-state index is 12.8. The molecule has 0 atom stereocenters. The predicted octanol–water partition coefficient (Wildman–Crippen LogP) is 2.84. The molecule has 1 N–H and O–H groups in total. The van der Waals surface area contributed by atoms with E-state index in [9.17, 15) is 12.8 Å². The lowest BCUT2D eigenvalue weighted by atomic mass is 10.3. The highest BCUT2D eigenvalue weighted by molar-refractivity contribution is 7.89. The molecular weight excluding hydrogens is 317 g/mol. The highest BCUT2D eigenvalue weighted by Gasteiger charge is 2.13. The standard InChI is InChI=1S/C14H13ClFNO3S/c15-13-3-1-2-4-14(13)20-10-9-17-21(18,19)12-7-5-11(16)6-8-12/h1-8,17H,9-10H2. The van der Waals surface area contributed by atoms with Crippen molar-refractivity contribution in [2.24, 2.45) is 0 Å². The van der Waals surface area contributed by atoms with E-state index in [4.69, 9.17) is 16.3 Å². The van der Waals surface area contributed by atoms with E-state index in [2.05, 4.69) is 4.72 Å². The topological polar surface area (TPSA) is 55.4 Å². The van der Waals surface area contributed by atoms with Crippen LogP contribution in [0.4, 0.5) is 4.39 Å². The summed E-state index contributed by atoms with van der Waals surface area (Å²) in [6.45, 7) is 0.203. The Morgan fingerprint density at radius 1 is 1.10 bits per heavy atom. The van der Waals surface area contributed by atoms with Crippen LogP contribution < -0.4 is 9.46 Å². The summed E-state index contributed by atoms with van der Waals surface area (Å²) in [6.07, 6.45) is 0. The molecule has 0 aromatic heterocycles. The second kappa shape index (κ2) is 6.89. The molecule has 0 fully saturated rings. The highest BCUT2D eigenvalue weighted by atomic mass is 35.5. The SMILES string of the molecule is O=S(=O)(NCCOc1ccccc1Cl)c1ccc(F)cc1.